The first kappa shape index (κ1) is 31.1. The predicted octanol–water partition coefficient (Wildman–Crippen LogP) is 14.4. The van der Waals surface area contributed by atoms with Crippen molar-refractivity contribution in [2.75, 3.05) is 4.90 Å². The first-order valence-corrected chi connectivity index (χ1v) is 18.3. The Balaban J connectivity index is 1.08. The molecule has 1 aliphatic carbocycles. The first-order chi connectivity index (χ1) is 26.0. The van der Waals surface area contributed by atoms with Crippen LogP contribution in [0, 0.1) is 0 Å². The Bertz CT molecular complexity index is 2780. The van der Waals surface area contributed by atoms with E-state index in [0.717, 1.165) is 55.6 Å². The van der Waals surface area contributed by atoms with Gasteiger partial charge in [0.25, 0.3) is 0 Å². The lowest BCUT2D eigenvalue weighted by Gasteiger charge is -2.29. The Morgan fingerprint density at radius 3 is 1.68 bits per heavy atom. The number of para-hydroxylation sites is 1. The van der Waals surface area contributed by atoms with Crippen molar-refractivity contribution in [2.24, 2.45) is 0 Å². The summed E-state index contributed by atoms with van der Waals surface area (Å²) in [5.74, 6) is 0. The van der Waals surface area contributed by atoms with Gasteiger partial charge in [-0.05, 0) is 87.0 Å². The van der Waals surface area contributed by atoms with Gasteiger partial charge in [-0.1, -0.05) is 159 Å². The van der Waals surface area contributed by atoms with Crippen molar-refractivity contribution >= 4 is 39.0 Å². The van der Waals surface area contributed by atoms with E-state index in [0.29, 0.717) is 0 Å². The van der Waals surface area contributed by atoms with Gasteiger partial charge in [-0.15, -0.1) is 0 Å². The normalized spacial score (nSPS) is 12.9. The average molecular weight is 680 g/mol. The van der Waals surface area contributed by atoms with Crippen molar-refractivity contribution in [3.8, 4) is 44.5 Å². The predicted molar refractivity (Wildman–Crippen MR) is 222 cm³/mol. The molecular weight excluding hydrogens is 643 g/mol. The summed E-state index contributed by atoms with van der Waals surface area (Å²) < 4.78 is 6.48. The molecule has 1 aromatic heterocycles. The molecule has 0 unspecified atom stereocenters. The monoisotopic (exact) mass is 679 g/mol. The van der Waals surface area contributed by atoms with Crippen LogP contribution >= 0.6 is 0 Å². The van der Waals surface area contributed by atoms with Gasteiger partial charge in [-0.25, -0.2) is 0 Å². The van der Waals surface area contributed by atoms with Crippen molar-refractivity contribution in [2.45, 2.75) is 19.3 Å². The summed E-state index contributed by atoms with van der Waals surface area (Å²) >= 11 is 0. The maximum atomic E-state index is 6.48. The van der Waals surface area contributed by atoms with Gasteiger partial charge in [0, 0.05) is 38.7 Å². The smallest absolute Gasteiger partial charge is 0.143 e. The van der Waals surface area contributed by atoms with Crippen LogP contribution < -0.4 is 4.90 Å². The summed E-state index contributed by atoms with van der Waals surface area (Å²) in [6, 6.07) is 67.7. The first-order valence-electron chi connectivity index (χ1n) is 18.3. The van der Waals surface area contributed by atoms with Gasteiger partial charge >= 0.3 is 0 Å². The van der Waals surface area contributed by atoms with Gasteiger partial charge in [-0.3, -0.25) is 0 Å². The number of hydrogen-bond donors (Lipinski definition) is 0. The highest BCUT2D eigenvalue weighted by atomic mass is 16.3. The van der Waals surface area contributed by atoms with Crippen molar-refractivity contribution in [3.63, 3.8) is 0 Å². The van der Waals surface area contributed by atoms with Gasteiger partial charge in [-0.2, -0.15) is 0 Å². The van der Waals surface area contributed by atoms with Crippen LogP contribution in [-0.4, -0.2) is 0 Å². The summed E-state index contributed by atoms with van der Waals surface area (Å²) in [5.41, 5.74) is 17.5. The minimum Gasteiger partial charge on any atom is -0.455 e. The third kappa shape index (κ3) is 5.10. The molecule has 2 nitrogen and oxygen atoms in total. The lowest BCUT2D eigenvalue weighted by Crippen LogP contribution is -2.16. The number of hydrogen-bond acceptors (Lipinski definition) is 2. The highest BCUT2D eigenvalue weighted by Gasteiger charge is 2.37. The van der Waals surface area contributed by atoms with Crippen molar-refractivity contribution in [1.29, 1.82) is 0 Å². The van der Waals surface area contributed by atoms with E-state index >= 15 is 0 Å². The van der Waals surface area contributed by atoms with Crippen LogP contribution in [0.4, 0.5) is 17.1 Å². The molecule has 0 spiro atoms. The van der Waals surface area contributed by atoms with Gasteiger partial charge in [0.2, 0.25) is 0 Å². The summed E-state index contributed by atoms with van der Waals surface area (Å²) in [4.78, 5) is 2.42. The van der Waals surface area contributed by atoms with Crippen LogP contribution in [0.5, 0.6) is 0 Å². The molecule has 10 rings (SSSR count). The number of nitrogens with zero attached hydrogens (tertiary/aromatic N) is 1. The number of rotatable bonds is 6. The maximum absolute atomic E-state index is 6.48. The summed E-state index contributed by atoms with van der Waals surface area (Å²) in [6.07, 6.45) is 0. The summed E-state index contributed by atoms with van der Waals surface area (Å²) in [7, 11) is 0. The second-order valence-corrected chi connectivity index (χ2v) is 14.5. The molecule has 1 heterocycles. The zero-order chi connectivity index (χ0) is 35.5. The number of anilines is 3. The molecule has 9 aromatic rings. The van der Waals surface area contributed by atoms with E-state index in [1.165, 1.54) is 39.1 Å². The Kier molecular flexibility index (Phi) is 7.19. The topological polar surface area (TPSA) is 16.4 Å². The van der Waals surface area contributed by atoms with E-state index in [2.05, 4.69) is 201 Å². The molecular formula is C51H37NO. The minimum absolute atomic E-state index is 0.0909. The summed E-state index contributed by atoms with van der Waals surface area (Å²) in [6.45, 7) is 4.69. The molecule has 1 aliphatic rings. The third-order valence-electron chi connectivity index (χ3n) is 11.1. The van der Waals surface area contributed by atoms with Crippen LogP contribution in [0.15, 0.2) is 192 Å². The van der Waals surface area contributed by atoms with Crippen LogP contribution in [-0.2, 0) is 5.41 Å². The van der Waals surface area contributed by atoms with Gasteiger partial charge in [0.15, 0.2) is 0 Å². The van der Waals surface area contributed by atoms with Crippen LogP contribution in [0.2, 0.25) is 0 Å². The fourth-order valence-electron chi connectivity index (χ4n) is 8.41. The van der Waals surface area contributed by atoms with E-state index < -0.39 is 0 Å². The van der Waals surface area contributed by atoms with Gasteiger partial charge in [0.05, 0.1) is 5.69 Å². The minimum atomic E-state index is -0.0909. The molecule has 53 heavy (non-hydrogen) atoms. The Hall–Kier alpha value is -6.64. The number of fused-ring (bicyclic) bond motifs is 6. The fourth-order valence-corrected chi connectivity index (χ4v) is 8.41. The second-order valence-electron chi connectivity index (χ2n) is 14.5. The highest BCUT2D eigenvalue weighted by Crippen LogP contribution is 2.54. The highest BCUT2D eigenvalue weighted by molar-refractivity contribution is 6.10. The standard InChI is InChI=1S/C51H37NO/c1-51(2)45-20-10-9-17-43(45)49-46(51)21-12-22-47(49)52(39-28-23-35(24-29-39)34-13-5-3-6-14-34)40-30-25-36(26-31-40)38-27-32-48-44(33-38)42-19-11-18-41(50(42)53-48)37-15-7-4-8-16-37/h3-33H,1-2H3. The fraction of sp³-hybridized carbons (Fsp3) is 0.0588. The average Bonchev–Trinajstić information content (AvgIpc) is 3.71. The zero-order valence-corrected chi connectivity index (χ0v) is 29.8. The number of benzene rings is 8. The molecule has 0 bridgehead atoms. The molecule has 252 valence electrons. The van der Waals surface area contributed by atoms with E-state index in [9.17, 15) is 0 Å². The van der Waals surface area contributed by atoms with Crippen LogP contribution in [0.25, 0.3) is 66.4 Å². The molecule has 0 fully saturated rings. The van der Waals surface area contributed by atoms with E-state index in [-0.39, 0.29) is 5.41 Å². The number of furan rings is 1. The van der Waals surface area contributed by atoms with E-state index in [1.807, 2.05) is 6.07 Å². The van der Waals surface area contributed by atoms with Gasteiger partial charge in [0.1, 0.15) is 11.2 Å². The second kappa shape index (κ2) is 12.3. The molecule has 0 atom stereocenters. The third-order valence-corrected chi connectivity index (χ3v) is 11.1. The molecule has 0 amide bonds. The molecule has 0 saturated heterocycles. The molecule has 0 radical (unpaired) electrons. The molecule has 8 aromatic carbocycles. The van der Waals surface area contributed by atoms with Crippen molar-refractivity contribution in [1.82, 2.24) is 0 Å². The lowest BCUT2D eigenvalue weighted by atomic mass is 9.82. The Labute approximate surface area is 310 Å². The largest absolute Gasteiger partial charge is 0.455 e. The SMILES string of the molecule is CC1(C)c2ccccc2-c2c(N(c3ccc(-c4ccccc4)cc3)c3ccc(-c4ccc5oc6c(-c7ccccc7)cccc6c5c4)cc3)cccc21. The summed E-state index contributed by atoms with van der Waals surface area (Å²) in [5, 5.41) is 2.26. The Morgan fingerprint density at radius 2 is 0.962 bits per heavy atom. The van der Waals surface area contributed by atoms with E-state index in [4.69, 9.17) is 4.42 Å². The molecule has 0 aliphatic heterocycles. The van der Waals surface area contributed by atoms with Crippen LogP contribution in [0.1, 0.15) is 25.0 Å². The Morgan fingerprint density at radius 1 is 0.415 bits per heavy atom. The quantitative estimate of drug-likeness (QED) is 0.174. The molecule has 2 heteroatoms. The van der Waals surface area contributed by atoms with Crippen molar-refractivity contribution < 1.29 is 4.42 Å². The van der Waals surface area contributed by atoms with Crippen LogP contribution in [0.3, 0.4) is 0 Å². The zero-order valence-electron chi connectivity index (χ0n) is 29.8. The van der Waals surface area contributed by atoms with Gasteiger partial charge < -0.3 is 9.32 Å². The molecule has 0 saturated carbocycles. The van der Waals surface area contributed by atoms with E-state index in [1.54, 1.807) is 0 Å². The lowest BCUT2D eigenvalue weighted by molar-refractivity contribution is 0.660. The maximum Gasteiger partial charge on any atom is 0.143 e. The molecule has 0 N–H and O–H groups in total. The van der Waals surface area contributed by atoms with Crippen molar-refractivity contribution in [3.05, 3.63) is 199 Å².